The molecule has 1 aliphatic heterocycles. The summed E-state index contributed by atoms with van der Waals surface area (Å²) in [5, 5.41) is 23.2. The maximum atomic E-state index is 12.6. The van der Waals surface area contributed by atoms with Crippen molar-refractivity contribution in [3.05, 3.63) is 58.0 Å². The Kier molecular flexibility index (Phi) is 7.20. The molecule has 0 bridgehead atoms. The SMILES string of the molecule is Cc1cc([N+](=O)[O-])ccc1NC(=O)CSc1nnc(N2CC(C)CC(C)C2)n1Cc1ccco1. The molecule has 2 unspecified atom stereocenters. The summed E-state index contributed by atoms with van der Waals surface area (Å²) in [4.78, 5) is 25.4. The fraction of sp³-hybridized carbons (Fsp3) is 0.435. The molecule has 2 aromatic heterocycles. The van der Waals surface area contributed by atoms with Crippen LogP contribution in [0.2, 0.25) is 0 Å². The number of aryl methyl sites for hydroxylation is 1. The molecule has 0 spiro atoms. The second-order valence-electron chi connectivity index (χ2n) is 8.89. The minimum atomic E-state index is -0.457. The van der Waals surface area contributed by atoms with Gasteiger partial charge in [-0.1, -0.05) is 25.6 Å². The van der Waals surface area contributed by atoms with Gasteiger partial charge in [0, 0.05) is 30.9 Å². The zero-order chi connectivity index (χ0) is 24.2. The van der Waals surface area contributed by atoms with Gasteiger partial charge in [0.05, 0.1) is 23.5 Å². The molecule has 1 fully saturated rings. The summed E-state index contributed by atoms with van der Waals surface area (Å²) >= 11 is 1.30. The van der Waals surface area contributed by atoms with Crippen molar-refractivity contribution < 1.29 is 14.1 Å². The number of rotatable bonds is 8. The molecule has 3 heterocycles. The Morgan fingerprint density at radius 2 is 2.03 bits per heavy atom. The van der Waals surface area contributed by atoms with Gasteiger partial charge in [-0.25, -0.2) is 0 Å². The average molecular weight is 485 g/mol. The molecule has 1 amide bonds. The number of non-ortho nitro benzene ring substituents is 1. The smallest absolute Gasteiger partial charge is 0.269 e. The van der Waals surface area contributed by atoms with E-state index in [0.717, 1.165) is 24.8 Å². The van der Waals surface area contributed by atoms with Crippen LogP contribution in [0.1, 0.15) is 31.6 Å². The molecule has 2 atom stereocenters. The molecule has 0 aliphatic carbocycles. The van der Waals surface area contributed by atoms with E-state index in [1.807, 2.05) is 16.7 Å². The highest BCUT2D eigenvalue weighted by Crippen LogP contribution is 2.29. The zero-order valence-electron chi connectivity index (χ0n) is 19.4. The number of piperidine rings is 1. The highest BCUT2D eigenvalue weighted by molar-refractivity contribution is 7.99. The highest BCUT2D eigenvalue weighted by Gasteiger charge is 2.27. The van der Waals surface area contributed by atoms with Crippen LogP contribution in [-0.2, 0) is 11.3 Å². The van der Waals surface area contributed by atoms with Crippen LogP contribution in [0, 0.1) is 28.9 Å². The van der Waals surface area contributed by atoms with Crippen molar-refractivity contribution in [1.82, 2.24) is 14.8 Å². The number of carbonyl (C=O) groups excluding carboxylic acids is 1. The Labute approximate surface area is 201 Å². The topological polar surface area (TPSA) is 119 Å². The van der Waals surface area contributed by atoms with Crippen LogP contribution in [0.5, 0.6) is 0 Å². The van der Waals surface area contributed by atoms with Crippen molar-refractivity contribution in [2.45, 2.75) is 38.9 Å². The lowest BCUT2D eigenvalue weighted by Crippen LogP contribution is -2.40. The molecule has 11 heteroatoms. The lowest BCUT2D eigenvalue weighted by molar-refractivity contribution is -0.384. The number of nitrogens with one attached hydrogen (secondary N) is 1. The lowest BCUT2D eigenvalue weighted by Gasteiger charge is -2.35. The number of nitro benzene ring substituents is 1. The first-order valence-electron chi connectivity index (χ1n) is 11.2. The monoisotopic (exact) mass is 484 g/mol. The quantitative estimate of drug-likeness (QED) is 0.285. The van der Waals surface area contributed by atoms with Crippen molar-refractivity contribution >= 4 is 35.0 Å². The Bertz CT molecular complexity index is 1150. The molecule has 3 aromatic rings. The molecule has 10 nitrogen and oxygen atoms in total. The number of benzene rings is 1. The third kappa shape index (κ3) is 5.58. The maximum Gasteiger partial charge on any atom is 0.269 e. The van der Waals surface area contributed by atoms with E-state index in [1.54, 1.807) is 19.3 Å². The zero-order valence-corrected chi connectivity index (χ0v) is 20.2. The van der Waals surface area contributed by atoms with Gasteiger partial charge in [0.25, 0.3) is 5.69 Å². The summed E-state index contributed by atoms with van der Waals surface area (Å²) in [6, 6.07) is 8.12. The van der Waals surface area contributed by atoms with E-state index in [-0.39, 0.29) is 17.3 Å². The predicted molar refractivity (Wildman–Crippen MR) is 130 cm³/mol. The molecular formula is C23H28N6O4S. The highest BCUT2D eigenvalue weighted by atomic mass is 32.2. The van der Waals surface area contributed by atoms with Gasteiger partial charge in [-0.15, -0.1) is 10.2 Å². The number of thioether (sulfide) groups is 1. The van der Waals surface area contributed by atoms with Gasteiger partial charge >= 0.3 is 0 Å². The third-order valence-corrected chi connectivity index (χ3v) is 6.74. The van der Waals surface area contributed by atoms with E-state index in [0.29, 0.717) is 34.8 Å². The minimum absolute atomic E-state index is 0.00946. The van der Waals surface area contributed by atoms with Crippen molar-refractivity contribution in [2.75, 3.05) is 29.1 Å². The number of anilines is 2. The van der Waals surface area contributed by atoms with E-state index in [4.69, 9.17) is 4.42 Å². The van der Waals surface area contributed by atoms with Gasteiger partial charge < -0.3 is 14.6 Å². The Hall–Kier alpha value is -3.34. The van der Waals surface area contributed by atoms with Crippen LogP contribution in [0.3, 0.4) is 0 Å². The summed E-state index contributed by atoms with van der Waals surface area (Å²) in [5.74, 6) is 2.58. The van der Waals surface area contributed by atoms with Crippen LogP contribution in [0.25, 0.3) is 0 Å². The number of hydrogen-bond donors (Lipinski definition) is 1. The first-order chi connectivity index (χ1) is 16.3. The van der Waals surface area contributed by atoms with Crippen molar-refractivity contribution in [3.63, 3.8) is 0 Å². The molecule has 34 heavy (non-hydrogen) atoms. The second kappa shape index (κ2) is 10.3. The summed E-state index contributed by atoms with van der Waals surface area (Å²) < 4.78 is 7.56. The minimum Gasteiger partial charge on any atom is -0.467 e. The van der Waals surface area contributed by atoms with Crippen LogP contribution >= 0.6 is 11.8 Å². The second-order valence-corrected chi connectivity index (χ2v) is 9.83. The Morgan fingerprint density at radius 1 is 1.26 bits per heavy atom. The van der Waals surface area contributed by atoms with Gasteiger partial charge in [-0.2, -0.15) is 0 Å². The number of hydrogen-bond acceptors (Lipinski definition) is 8. The molecule has 1 N–H and O–H groups in total. The van der Waals surface area contributed by atoms with Crippen molar-refractivity contribution in [3.8, 4) is 0 Å². The number of nitrogens with zero attached hydrogens (tertiary/aromatic N) is 5. The fourth-order valence-electron chi connectivity index (χ4n) is 4.36. The predicted octanol–water partition coefficient (Wildman–Crippen LogP) is 4.35. The van der Waals surface area contributed by atoms with E-state index < -0.39 is 4.92 Å². The first kappa shape index (κ1) is 23.8. The van der Waals surface area contributed by atoms with Gasteiger partial charge in [-0.05, 0) is 48.9 Å². The van der Waals surface area contributed by atoms with Crippen LogP contribution in [-0.4, -0.2) is 44.4 Å². The molecule has 4 rings (SSSR count). The number of nitro groups is 1. The summed E-state index contributed by atoms with van der Waals surface area (Å²) in [5.41, 5.74) is 1.17. The third-order valence-electron chi connectivity index (χ3n) is 5.77. The molecule has 180 valence electrons. The van der Waals surface area contributed by atoms with Gasteiger partial charge in [0.2, 0.25) is 11.9 Å². The van der Waals surface area contributed by atoms with Gasteiger partial charge in [0.15, 0.2) is 5.16 Å². The average Bonchev–Trinajstić information content (AvgIpc) is 3.43. The summed E-state index contributed by atoms with van der Waals surface area (Å²) in [6.45, 7) is 8.51. The Morgan fingerprint density at radius 3 is 2.68 bits per heavy atom. The van der Waals surface area contributed by atoms with E-state index in [2.05, 4.69) is 34.3 Å². The number of furan rings is 1. The van der Waals surface area contributed by atoms with E-state index in [1.165, 1.54) is 30.3 Å². The van der Waals surface area contributed by atoms with Crippen molar-refractivity contribution in [2.24, 2.45) is 11.8 Å². The maximum absolute atomic E-state index is 12.6. The standard InChI is InChI=1S/C23H28N6O4S/c1-15-9-16(2)12-27(11-15)22-25-26-23(28(22)13-19-5-4-8-33-19)34-14-21(30)24-20-7-6-18(29(31)32)10-17(20)3/h4-8,10,15-16H,9,11-14H2,1-3H3,(H,24,30). The number of amides is 1. The number of aromatic nitrogens is 3. The molecule has 0 saturated carbocycles. The summed E-state index contributed by atoms with van der Waals surface area (Å²) in [7, 11) is 0. The van der Waals surface area contributed by atoms with Crippen molar-refractivity contribution in [1.29, 1.82) is 0 Å². The number of carbonyl (C=O) groups is 1. The molecular weight excluding hydrogens is 456 g/mol. The Balaban J connectivity index is 1.48. The molecule has 0 radical (unpaired) electrons. The van der Waals surface area contributed by atoms with E-state index >= 15 is 0 Å². The molecule has 1 aliphatic rings. The van der Waals surface area contributed by atoms with Gasteiger partial charge in [-0.3, -0.25) is 19.5 Å². The normalized spacial score (nSPS) is 18.1. The van der Waals surface area contributed by atoms with Crippen LogP contribution in [0.15, 0.2) is 46.2 Å². The summed E-state index contributed by atoms with van der Waals surface area (Å²) in [6.07, 6.45) is 2.82. The first-order valence-corrected chi connectivity index (χ1v) is 12.2. The molecule has 1 saturated heterocycles. The lowest BCUT2D eigenvalue weighted by atomic mass is 9.92. The largest absolute Gasteiger partial charge is 0.467 e. The van der Waals surface area contributed by atoms with Crippen LogP contribution in [0.4, 0.5) is 17.3 Å². The fourth-order valence-corrected chi connectivity index (χ4v) is 5.10. The van der Waals surface area contributed by atoms with Crippen LogP contribution < -0.4 is 10.2 Å². The van der Waals surface area contributed by atoms with Gasteiger partial charge in [0.1, 0.15) is 5.76 Å². The van der Waals surface area contributed by atoms with E-state index in [9.17, 15) is 14.9 Å². The molecule has 1 aromatic carbocycles.